The van der Waals surface area contributed by atoms with Gasteiger partial charge in [-0.1, -0.05) is 59.7 Å². The first-order chi connectivity index (χ1) is 11.3. The molecule has 0 saturated carbocycles. The van der Waals surface area contributed by atoms with Crippen LogP contribution in [0.25, 0.3) is 10.9 Å². The van der Waals surface area contributed by atoms with Crippen molar-refractivity contribution in [2.24, 2.45) is 0 Å². The van der Waals surface area contributed by atoms with E-state index in [1.54, 1.807) is 11.2 Å². The van der Waals surface area contributed by atoms with Crippen LogP contribution in [0.4, 0.5) is 0 Å². The van der Waals surface area contributed by atoms with Crippen LogP contribution in [0.15, 0.2) is 30.6 Å². The molecule has 2 heterocycles. The molecule has 3 rings (SSSR count). The van der Waals surface area contributed by atoms with E-state index >= 15 is 0 Å². The van der Waals surface area contributed by atoms with Crippen molar-refractivity contribution in [1.82, 2.24) is 14.9 Å². The highest BCUT2D eigenvalue weighted by molar-refractivity contribution is 5.91. The molecule has 1 aromatic carbocycles. The van der Waals surface area contributed by atoms with E-state index in [1.165, 1.54) is 0 Å². The zero-order chi connectivity index (χ0) is 17.8. The monoisotopic (exact) mass is 317 g/mol. The van der Waals surface area contributed by atoms with E-state index in [0.29, 0.717) is 0 Å². The van der Waals surface area contributed by atoms with Gasteiger partial charge in [0.15, 0.2) is 0 Å². The molecule has 0 N–H and O–H groups in total. The van der Waals surface area contributed by atoms with Gasteiger partial charge in [0.05, 0.1) is 17.1 Å². The molecular weight excluding hydrogens is 286 g/mol. The molecule has 4 nitrogen and oxygen atoms in total. The van der Waals surface area contributed by atoms with Crippen LogP contribution in [0.5, 0.6) is 0 Å². The number of aromatic nitrogens is 2. The number of fused-ring (bicyclic) bond motifs is 1. The van der Waals surface area contributed by atoms with Crippen LogP contribution in [0.1, 0.15) is 59.6 Å². The molecule has 4 heteroatoms. The molecular formula is C19H31N3O. The third kappa shape index (κ3) is 5.02. The van der Waals surface area contributed by atoms with Gasteiger partial charge in [0.2, 0.25) is 5.91 Å². The Kier molecular flexibility index (Phi) is 10.6. The number of hydrogen-bond donors (Lipinski definition) is 0. The second-order valence-corrected chi connectivity index (χ2v) is 4.38. The predicted molar refractivity (Wildman–Crippen MR) is 98.6 cm³/mol. The number of amides is 1. The Morgan fingerprint density at radius 1 is 1.00 bits per heavy atom. The molecule has 1 aliphatic rings. The number of likely N-dealkylation sites (N-methyl/N-ethyl adjacent to an activating group) is 1. The number of carbonyl (C=O) groups is 1. The maximum Gasteiger partial charge on any atom is 0.231 e. The second kappa shape index (κ2) is 11.6. The fourth-order valence-corrected chi connectivity index (χ4v) is 2.38. The van der Waals surface area contributed by atoms with Crippen molar-refractivity contribution in [2.75, 3.05) is 13.6 Å². The van der Waals surface area contributed by atoms with Crippen LogP contribution in [-0.2, 0) is 4.79 Å². The average Bonchev–Trinajstić information content (AvgIpc) is 2.99. The summed E-state index contributed by atoms with van der Waals surface area (Å²) in [6.45, 7) is 12.8. The quantitative estimate of drug-likeness (QED) is 0.769. The largest absolute Gasteiger partial charge is 0.345 e. The van der Waals surface area contributed by atoms with Crippen LogP contribution >= 0.6 is 0 Å². The lowest BCUT2D eigenvalue weighted by atomic mass is 9.99. The van der Waals surface area contributed by atoms with Crippen molar-refractivity contribution in [2.45, 2.75) is 53.9 Å². The SMILES string of the molecule is CC.CC.CC.CN1CCC(c2ncnc3ccccc23)C1=O. The molecule has 0 aliphatic carbocycles. The topological polar surface area (TPSA) is 46.1 Å². The van der Waals surface area contributed by atoms with Gasteiger partial charge >= 0.3 is 0 Å². The van der Waals surface area contributed by atoms with Gasteiger partial charge in [-0.3, -0.25) is 4.79 Å². The lowest BCUT2D eigenvalue weighted by Crippen LogP contribution is -2.22. The molecule has 0 bridgehead atoms. The van der Waals surface area contributed by atoms with E-state index in [0.717, 1.165) is 29.6 Å². The van der Waals surface area contributed by atoms with Gasteiger partial charge in [0, 0.05) is 19.0 Å². The highest BCUT2D eigenvalue weighted by Gasteiger charge is 2.32. The molecule has 1 atom stereocenters. The van der Waals surface area contributed by atoms with Crippen molar-refractivity contribution in [1.29, 1.82) is 0 Å². The number of likely N-dealkylation sites (tertiary alicyclic amines) is 1. The fourth-order valence-electron chi connectivity index (χ4n) is 2.38. The summed E-state index contributed by atoms with van der Waals surface area (Å²) in [6.07, 6.45) is 2.39. The molecule has 1 saturated heterocycles. The lowest BCUT2D eigenvalue weighted by Gasteiger charge is -2.11. The van der Waals surface area contributed by atoms with Crippen LogP contribution in [0.2, 0.25) is 0 Å². The summed E-state index contributed by atoms with van der Waals surface area (Å²) in [7, 11) is 1.84. The first-order valence-corrected chi connectivity index (χ1v) is 8.72. The molecule has 2 aromatic rings. The molecule has 0 radical (unpaired) electrons. The lowest BCUT2D eigenvalue weighted by molar-refractivity contribution is -0.127. The van der Waals surface area contributed by atoms with Gasteiger partial charge in [0.25, 0.3) is 0 Å². The van der Waals surface area contributed by atoms with Crippen molar-refractivity contribution in [3.05, 3.63) is 36.3 Å². The average molecular weight is 317 g/mol. The Bertz CT molecular complexity index is 578. The van der Waals surface area contributed by atoms with Crippen molar-refractivity contribution in [3.63, 3.8) is 0 Å². The number of benzene rings is 1. The Morgan fingerprint density at radius 2 is 1.61 bits per heavy atom. The minimum atomic E-state index is -0.104. The molecule has 1 aromatic heterocycles. The van der Waals surface area contributed by atoms with E-state index in [9.17, 15) is 4.79 Å². The minimum absolute atomic E-state index is 0.104. The zero-order valence-corrected chi connectivity index (χ0v) is 15.6. The highest BCUT2D eigenvalue weighted by atomic mass is 16.2. The summed E-state index contributed by atoms with van der Waals surface area (Å²) in [6, 6.07) is 7.83. The van der Waals surface area contributed by atoms with E-state index in [1.807, 2.05) is 72.9 Å². The summed E-state index contributed by atoms with van der Waals surface area (Å²) in [5, 5.41) is 0.989. The van der Waals surface area contributed by atoms with Gasteiger partial charge in [0.1, 0.15) is 6.33 Å². The smallest absolute Gasteiger partial charge is 0.231 e. The number of hydrogen-bond acceptors (Lipinski definition) is 3. The number of nitrogens with zero attached hydrogens (tertiary/aromatic N) is 3. The summed E-state index contributed by atoms with van der Waals surface area (Å²) in [5.41, 5.74) is 1.77. The van der Waals surface area contributed by atoms with Crippen molar-refractivity contribution in [3.8, 4) is 0 Å². The maximum absolute atomic E-state index is 12.0. The predicted octanol–water partition coefficient (Wildman–Crippen LogP) is 4.65. The standard InChI is InChI=1S/C13H13N3O.3C2H6/c1-16-7-6-10(13(16)17)12-9-4-2-3-5-11(9)14-8-15-12;3*1-2/h2-5,8,10H,6-7H2,1H3;3*1-2H3. The van der Waals surface area contributed by atoms with Gasteiger partial charge < -0.3 is 4.90 Å². The number of rotatable bonds is 1. The van der Waals surface area contributed by atoms with Crippen molar-refractivity contribution >= 4 is 16.8 Å². The third-order valence-corrected chi connectivity index (χ3v) is 3.33. The maximum atomic E-state index is 12.0. The molecule has 23 heavy (non-hydrogen) atoms. The van der Waals surface area contributed by atoms with Crippen molar-refractivity contribution < 1.29 is 4.79 Å². The number of para-hydroxylation sites is 1. The molecule has 1 unspecified atom stereocenters. The first-order valence-electron chi connectivity index (χ1n) is 8.72. The molecule has 0 spiro atoms. The molecule has 128 valence electrons. The zero-order valence-electron chi connectivity index (χ0n) is 15.6. The fraction of sp³-hybridized carbons (Fsp3) is 0.526. The number of carbonyl (C=O) groups excluding carboxylic acids is 1. The Morgan fingerprint density at radius 3 is 2.17 bits per heavy atom. The van der Waals surface area contributed by atoms with Gasteiger partial charge in [-0.2, -0.15) is 0 Å². The summed E-state index contributed by atoms with van der Waals surface area (Å²) in [5.74, 6) is 0.0572. The first kappa shape index (κ1) is 21.0. The Balaban J connectivity index is 0.000000728. The van der Waals surface area contributed by atoms with Crippen LogP contribution in [0, 0.1) is 0 Å². The normalized spacial score (nSPS) is 15.7. The van der Waals surface area contributed by atoms with E-state index in [-0.39, 0.29) is 11.8 Å². The highest BCUT2D eigenvalue weighted by Crippen LogP contribution is 2.30. The molecule has 1 fully saturated rings. The van der Waals surface area contributed by atoms with Crippen LogP contribution < -0.4 is 0 Å². The summed E-state index contributed by atoms with van der Waals surface area (Å²) < 4.78 is 0. The summed E-state index contributed by atoms with van der Waals surface area (Å²) in [4.78, 5) is 22.3. The Labute approximate surface area is 140 Å². The second-order valence-electron chi connectivity index (χ2n) is 4.38. The van der Waals surface area contributed by atoms with E-state index < -0.39 is 0 Å². The van der Waals surface area contributed by atoms with Gasteiger partial charge in [-0.05, 0) is 12.5 Å². The van der Waals surface area contributed by atoms with E-state index in [4.69, 9.17) is 0 Å². The minimum Gasteiger partial charge on any atom is -0.345 e. The van der Waals surface area contributed by atoms with Gasteiger partial charge in [-0.15, -0.1) is 0 Å². The third-order valence-electron chi connectivity index (χ3n) is 3.33. The molecule has 1 aliphatic heterocycles. The van der Waals surface area contributed by atoms with Gasteiger partial charge in [-0.25, -0.2) is 9.97 Å². The Hall–Kier alpha value is -1.97. The van der Waals surface area contributed by atoms with Crippen LogP contribution in [-0.4, -0.2) is 34.4 Å². The van der Waals surface area contributed by atoms with E-state index in [2.05, 4.69) is 9.97 Å². The van der Waals surface area contributed by atoms with Crippen LogP contribution in [0.3, 0.4) is 0 Å². The molecule has 1 amide bonds. The summed E-state index contributed by atoms with van der Waals surface area (Å²) >= 11 is 0.